The Balaban J connectivity index is 1.72. The molecule has 4 aromatic rings. The molecule has 0 aliphatic rings. The number of rotatable bonds is 6. The zero-order valence-electron chi connectivity index (χ0n) is 16.8. The molecule has 1 heterocycles. The number of benzene rings is 3. The van der Waals surface area contributed by atoms with Gasteiger partial charge < -0.3 is 9.47 Å². The molecule has 0 aliphatic carbocycles. The fourth-order valence-electron chi connectivity index (χ4n) is 3.37. The molecule has 3 aromatic carbocycles. The number of pyridine rings is 1. The van der Waals surface area contributed by atoms with Crippen LogP contribution in [0.25, 0.3) is 22.0 Å². The molecule has 0 saturated carbocycles. The summed E-state index contributed by atoms with van der Waals surface area (Å²) in [6.07, 6.45) is 1.75. The van der Waals surface area contributed by atoms with Crippen molar-refractivity contribution in [2.75, 3.05) is 11.9 Å². The van der Waals surface area contributed by atoms with E-state index in [0.29, 0.717) is 29.0 Å². The van der Waals surface area contributed by atoms with E-state index in [1.807, 2.05) is 36.4 Å². The number of aryl methyl sites for hydroxylation is 1. The van der Waals surface area contributed by atoms with Crippen LogP contribution in [-0.4, -0.2) is 22.9 Å². The summed E-state index contributed by atoms with van der Waals surface area (Å²) < 4.78 is 11.3. The molecule has 0 N–H and O–H groups in total. The van der Waals surface area contributed by atoms with Crippen LogP contribution in [0.3, 0.4) is 0 Å². The van der Waals surface area contributed by atoms with Crippen molar-refractivity contribution in [1.82, 2.24) is 4.98 Å². The number of hydrogen-bond acceptors (Lipinski definition) is 4. The van der Waals surface area contributed by atoms with E-state index in [1.54, 1.807) is 30.5 Å². The van der Waals surface area contributed by atoms with Crippen LogP contribution >= 0.6 is 27.5 Å². The molecule has 0 spiro atoms. The second kappa shape index (κ2) is 9.50. The van der Waals surface area contributed by atoms with Crippen molar-refractivity contribution in [3.05, 3.63) is 89.1 Å². The van der Waals surface area contributed by atoms with Gasteiger partial charge in [0.05, 0.1) is 17.1 Å². The Hall–Kier alpha value is -2.89. The number of hydrogen-bond donors (Lipinski definition) is 0. The van der Waals surface area contributed by atoms with Crippen molar-refractivity contribution in [2.45, 2.75) is 6.92 Å². The fraction of sp³-hybridized carbons (Fsp3) is 0.120. The van der Waals surface area contributed by atoms with Gasteiger partial charge in [-0.15, -0.1) is 0 Å². The van der Waals surface area contributed by atoms with E-state index >= 15 is 0 Å². The van der Waals surface area contributed by atoms with E-state index in [2.05, 4.69) is 33.9 Å². The Morgan fingerprint density at radius 1 is 1.03 bits per heavy atom. The van der Waals surface area contributed by atoms with Crippen molar-refractivity contribution < 1.29 is 14.3 Å². The normalized spacial score (nSPS) is 10.8. The number of carbonyl (C=O) groups excluding carboxylic acids is 1. The molecule has 0 saturated heterocycles. The second-order valence-electron chi connectivity index (χ2n) is 6.91. The highest BCUT2D eigenvalue weighted by Gasteiger charge is 2.20. The molecule has 156 valence electrons. The van der Waals surface area contributed by atoms with Gasteiger partial charge in [-0.3, -0.25) is 4.98 Å². The van der Waals surface area contributed by atoms with Gasteiger partial charge in [0, 0.05) is 22.5 Å². The first-order valence-corrected chi connectivity index (χ1v) is 11.2. The topological polar surface area (TPSA) is 48.4 Å². The predicted molar refractivity (Wildman–Crippen MR) is 128 cm³/mol. The van der Waals surface area contributed by atoms with Crippen LogP contribution < -0.4 is 9.47 Å². The van der Waals surface area contributed by atoms with Crippen molar-refractivity contribution in [3.63, 3.8) is 0 Å². The Labute approximate surface area is 193 Å². The lowest BCUT2D eigenvalue weighted by molar-refractivity contribution is 0.0730. The number of ether oxygens (including phenoxy) is 2. The number of carbonyl (C=O) groups is 1. The largest absolute Gasteiger partial charge is 0.489 e. The van der Waals surface area contributed by atoms with Gasteiger partial charge in [-0.25, -0.2) is 4.79 Å². The first-order chi connectivity index (χ1) is 15.1. The maximum absolute atomic E-state index is 13.1. The summed E-state index contributed by atoms with van der Waals surface area (Å²) in [7, 11) is 0. The summed E-state index contributed by atoms with van der Waals surface area (Å²) in [5.41, 5.74) is 3.94. The Kier molecular flexibility index (Phi) is 6.54. The van der Waals surface area contributed by atoms with Crippen LogP contribution in [0.4, 0.5) is 0 Å². The zero-order chi connectivity index (χ0) is 21.8. The molecular weight excluding hydrogens is 478 g/mol. The first kappa shape index (κ1) is 21.3. The highest BCUT2D eigenvalue weighted by molar-refractivity contribution is 9.09. The van der Waals surface area contributed by atoms with Crippen LogP contribution in [0.2, 0.25) is 5.02 Å². The Morgan fingerprint density at radius 3 is 2.55 bits per heavy atom. The number of nitrogens with zero attached hydrogens (tertiary/aromatic N) is 1. The van der Waals surface area contributed by atoms with Crippen molar-refractivity contribution in [1.29, 1.82) is 0 Å². The van der Waals surface area contributed by atoms with Crippen LogP contribution in [-0.2, 0) is 0 Å². The van der Waals surface area contributed by atoms with Gasteiger partial charge in [-0.2, -0.15) is 0 Å². The third-order valence-corrected chi connectivity index (χ3v) is 5.49. The average molecular weight is 497 g/mol. The van der Waals surface area contributed by atoms with Crippen LogP contribution in [0.15, 0.2) is 72.9 Å². The number of halogens is 2. The van der Waals surface area contributed by atoms with Gasteiger partial charge in [0.2, 0.25) is 0 Å². The quantitative estimate of drug-likeness (QED) is 0.166. The molecule has 31 heavy (non-hydrogen) atoms. The van der Waals surface area contributed by atoms with E-state index in [9.17, 15) is 4.79 Å². The number of aromatic nitrogens is 1. The van der Waals surface area contributed by atoms with Crippen LogP contribution in [0, 0.1) is 6.92 Å². The molecule has 1 aromatic heterocycles. The molecule has 0 fully saturated rings. The molecule has 4 nitrogen and oxygen atoms in total. The monoisotopic (exact) mass is 495 g/mol. The van der Waals surface area contributed by atoms with E-state index < -0.39 is 5.97 Å². The summed E-state index contributed by atoms with van der Waals surface area (Å²) in [5, 5.41) is 1.76. The predicted octanol–water partition coefficient (Wildman–Crippen LogP) is 6.86. The van der Waals surface area contributed by atoms with Gasteiger partial charge in [0.1, 0.15) is 5.56 Å². The molecule has 0 radical (unpaired) electrons. The standard InChI is InChI=1S/C25H19BrClNO3/c1-16-6-2-3-7-19(16)18-14-17-10-11-20(27)23(24(17)28-15-18)25(29)31-22-9-5-4-8-21(22)30-13-12-26/h2-11,14-15H,12-13H2,1H3. The summed E-state index contributed by atoms with van der Waals surface area (Å²) in [6.45, 7) is 2.51. The van der Waals surface area contributed by atoms with Crippen LogP contribution in [0.5, 0.6) is 11.5 Å². The maximum atomic E-state index is 13.1. The molecule has 0 unspecified atom stereocenters. The number of fused-ring (bicyclic) bond motifs is 1. The summed E-state index contributed by atoms with van der Waals surface area (Å²) in [5.74, 6) is 0.237. The maximum Gasteiger partial charge on any atom is 0.347 e. The van der Waals surface area contributed by atoms with Crippen molar-refractivity contribution in [2.24, 2.45) is 0 Å². The molecule has 0 aliphatic heterocycles. The van der Waals surface area contributed by atoms with E-state index in [0.717, 1.165) is 22.1 Å². The lowest BCUT2D eigenvalue weighted by atomic mass is 10.00. The number of para-hydroxylation sites is 2. The van der Waals surface area contributed by atoms with Crippen LogP contribution in [0.1, 0.15) is 15.9 Å². The SMILES string of the molecule is Cc1ccccc1-c1cnc2c(C(=O)Oc3ccccc3OCCBr)c(Cl)ccc2c1. The third-order valence-electron chi connectivity index (χ3n) is 4.85. The Morgan fingerprint density at radius 2 is 1.77 bits per heavy atom. The highest BCUT2D eigenvalue weighted by Crippen LogP contribution is 2.32. The molecule has 6 heteroatoms. The van der Waals surface area contributed by atoms with E-state index in [1.165, 1.54) is 0 Å². The summed E-state index contributed by atoms with van der Waals surface area (Å²) in [6, 6.07) is 20.7. The lowest BCUT2D eigenvalue weighted by Crippen LogP contribution is -2.12. The molecule has 4 rings (SSSR count). The molecule has 0 atom stereocenters. The summed E-state index contributed by atoms with van der Waals surface area (Å²) in [4.78, 5) is 17.6. The highest BCUT2D eigenvalue weighted by atomic mass is 79.9. The molecule has 0 bridgehead atoms. The van der Waals surface area contributed by atoms with Gasteiger partial charge in [0.15, 0.2) is 11.5 Å². The molecule has 0 amide bonds. The van der Waals surface area contributed by atoms with Gasteiger partial charge in [-0.05, 0) is 42.3 Å². The Bertz CT molecular complexity index is 1260. The average Bonchev–Trinajstić information content (AvgIpc) is 2.78. The van der Waals surface area contributed by atoms with Gasteiger partial charge in [0.25, 0.3) is 0 Å². The first-order valence-electron chi connectivity index (χ1n) is 9.72. The number of esters is 1. The van der Waals surface area contributed by atoms with Crippen molar-refractivity contribution in [3.8, 4) is 22.6 Å². The second-order valence-corrected chi connectivity index (χ2v) is 8.11. The molecular formula is C25H19BrClNO3. The minimum atomic E-state index is -0.582. The minimum Gasteiger partial charge on any atom is -0.489 e. The van der Waals surface area contributed by atoms with Gasteiger partial charge in [-0.1, -0.05) is 70.0 Å². The van der Waals surface area contributed by atoms with Gasteiger partial charge >= 0.3 is 5.97 Å². The number of alkyl halides is 1. The van der Waals surface area contributed by atoms with Crippen molar-refractivity contribution >= 4 is 44.4 Å². The smallest absolute Gasteiger partial charge is 0.347 e. The summed E-state index contributed by atoms with van der Waals surface area (Å²) >= 11 is 9.72. The van der Waals surface area contributed by atoms with E-state index in [4.69, 9.17) is 21.1 Å². The fourth-order valence-corrected chi connectivity index (χ4v) is 3.76. The minimum absolute atomic E-state index is 0.228. The lowest BCUT2D eigenvalue weighted by Gasteiger charge is -2.13. The third kappa shape index (κ3) is 4.58. The van der Waals surface area contributed by atoms with E-state index in [-0.39, 0.29) is 10.6 Å². The zero-order valence-corrected chi connectivity index (χ0v) is 19.1.